The summed E-state index contributed by atoms with van der Waals surface area (Å²) in [7, 11) is 0. The van der Waals surface area contributed by atoms with Crippen LogP contribution >= 0.6 is 0 Å². The van der Waals surface area contributed by atoms with Crippen LogP contribution in [0.1, 0.15) is 38.3 Å². The van der Waals surface area contributed by atoms with Gasteiger partial charge in [0.25, 0.3) is 5.91 Å². The first-order chi connectivity index (χ1) is 16.8. The van der Waals surface area contributed by atoms with E-state index in [1.54, 1.807) is 43.3 Å². The van der Waals surface area contributed by atoms with Crippen LogP contribution in [0.25, 0.3) is 22.2 Å². The van der Waals surface area contributed by atoms with E-state index in [1.165, 1.54) is 0 Å². The minimum absolute atomic E-state index is 0.286. The quantitative estimate of drug-likeness (QED) is 0.193. The molecule has 0 fully saturated rings. The first-order valence-electron chi connectivity index (χ1n) is 11.0. The number of hydrogen-bond donors (Lipinski definition) is 2. The maximum Gasteiger partial charge on any atom is 0.306 e. The van der Waals surface area contributed by atoms with Gasteiger partial charge in [0.2, 0.25) is 5.78 Å². The topological polar surface area (TPSA) is 105 Å². The number of aryl methyl sites for hydroxylation is 2. The molecule has 7 nitrogen and oxygen atoms in total. The second-order valence-corrected chi connectivity index (χ2v) is 8.19. The van der Waals surface area contributed by atoms with Crippen molar-refractivity contribution < 1.29 is 19.2 Å². The van der Waals surface area contributed by atoms with E-state index in [4.69, 9.17) is 0 Å². The molecule has 174 valence electrons. The van der Waals surface area contributed by atoms with Crippen molar-refractivity contribution in [2.75, 3.05) is 0 Å². The molecule has 1 aromatic heterocycles. The van der Waals surface area contributed by atoms with Crippen molar-refractivity contribution >= 4 is 34.3 Å². The van der Waals surface area contributed by atoms with Crippen LogP contribution in [0.5, 0.6) is 0 Å². The van der Waals surface area contributed by atoms with Gasteiger partial charge in [0.05, 0.1) is 23.2 Å². The summed E-state index contributed by atoms with van der Waals surface area (Å²) in [6.45, 7) is 3.67. The summed E-state index contributed by atoms with van der Waals surface area (Å²) in [4.78, 5) is 54.7. The molecule has 0 unspecified atom stereocenters. The van der Waals surface area contributed by atoms with Crippen molar-refractivity contribution in [3.8, 4) is 11.3 Å². The number of amides is 2. The molecule has 0 aliphatic heterocycles. The lowest BCUT2D eigenvalue weighted by molar-refractivity contribution is -0.137. The molecule has 0 aliphatic carbocycles. The lowest BCUT2D eigenvalue weighted by atomic mass is 9.99. The van der Waals surface area contributed by atoms with Crippen molar-refractivity contribution in [1.29, 1.82) is 0 Å². The molecule has 0 bridgehead atoms. The van der Waals surface area contributed by atoms with Gasteiger partial charge in [0, 0.05) is 16.5 Å². The summed E-state index contributed by atoms with van der Waals surface area (Å²) in [6.07, 6.45) is -0.595. The SMILES string of the molecule is Cc1ccc(C(=O)CC(=O)C(=O)NNC(=O)c2cc(-c3ccccc3)nc3ccccc23)c(C)c1. The number of aromatic nitrogens is 1. The Morgan fingerprint density at radius 1 is 0.771 bits per heavy atom. The van der Waals surface area contributed by atoms with Crippen LogP contribution < -0.4 is 10.9 Å². The van der Waals surface area contributed by atoms with E-state index in [2.05, 4.69) is 15.8 Å². The zero-order chi connectivity index (χ0) is 24.9. The van der Waals surface area contributed by atoms with E-state index in [0.717, 1.165) is 16.7 Å². The van der Waals surface area contributed by atoms with E-state index in [1.807, 2.05) is 49.4 Å². The number of pyridine rings is 1. The van der Waals surface area contributed by atoms with Crippen LogP contribution in [-0.2, 0) is 9.59 Å². The van der Waals surface area contributed by atoms with Gasteiger partial charge >= 0.3 is 5.91 Å². The van der Waals surface area contributed by atoms with Gasteiger partial charge in [-0.15, -0.1) is 0 Å². The number of Topliss-reactive ketones (excluding diaryl/α,β-unsaturated/α-hetero) is 2. The summed E-state index contributed by atoms with van der Waals surface area (Å²) >= 11 is 0. The Morgan fingerprint density at radius 3 is 2.23 bits per heavy atom. The van der Waals surface area contributed by atoms with Crippen molar-refractivity contribution in [2.45, 2.75) is 20.3 Å². The standard InChI is InChI=1S/C28H23N3O4/c1-17-12-13-20(18(2)14-17)25(32)16-26(33)28(35)31-30-27(34)22-15-24(19-8-4-3-5-9-19)29-23-11-7-6-10-21(22)23/h3-15H,16H2,1-2H3,(H,30,34)(H,31,35). The van der Waals surface area contributed by atoms with E-state index >= 15 is 0 Å². The van der Waals surface area contributed by atoms with Gasteiger partial charge in [0.1, 0.15) is 0 Å². The minimum Gasteiger partial charge on any atom is -0.294 e. The van der Waals surface area contributed by atoms with Gasteiger partial charge in [-0.2, -0.15) is 0 Å². The lowest BCUT2D eigenvalue weighted by Crippen LogP contribution is -2.45. The highest BCUT2D eigenvalue weighted by Gasteiger charge is 2.21. The molecule has 2 amide bonds. The van der Waals surface area contributed by atoms with Gasteiger partial charge < -0.3 is 0 Å². The Kier molecular flexibility index (Phi) is 6.78. The maximum atomic E-state index is 13.0. The van der Waals surface area contributed by atoms with Crippen LogP contribution in [0.3, 0.4) is 0 Å². The van der Waals surface area contributed by atoms with Crippen LogP contribution in [0.2, 0.25) is 0 Å². The number of rotatable bonds is 6. The molecule has 3 aromatic carbocycles. The molecule has 35 heavy (non-hydrogen) atoms. The monoisotopic (exact) mass is 465 g/mol. The minimum atomic E-state index is -1.07. The number of hydrazine groups is 1. The summed E-state index contributed by atoms with van der Waals surface area (Å²) in [5.74, 6) is -3.08. The number of fused-ring (bicyclic) bond motifs is 1. The Morgan fingerprint density at radius 2 is 1.49 bits per heavy atom. The van der Waals surface area contributed by atoms with Gasteiger partial charge in [-0.25, -0.2) is 4.98 Å². The fourth-order valence-electron chi connectivity index (χ4n) is 3.82. The third-order valence-corrected chi connectivity index (χ3v) is 5.58. The molecule has 0 radical (unpaired) electrons. The molecule has 0 spiro atoms. The van der Waals surface area contributed by atoms with Gasteiger partial charge in [-0.1, -0.05) is 72.3 Å². The van der Waals surface area contributed by atoms with Crippen molar-refractivity contribution in [1.82, 2.24) is 15.8 Å². The molecule has 0 saturated carbocycles. The largest absolute Gasteiger partial charge is 0.306 e. The van der Waals surface area contributed by atoms with Crippen molar-refractivity contribution in [3.63, 3.8) is 0 Å². The van der Waals surface area contributed by atoms with Crippen LogP contribution in [0, 0.1) is 13.8 Å². The van der Waals surface area contributed by atoms with Gasteiger partial charge in [0.15, 0.2) is 5.78 Å². The summed E-state index contributed by atoms with van der Waals surface area (Å²) in [5.41, 5.74) is 8.84. The molecule has 4 aromatic rings. The number of hydrogen-bond acceptors (Lipinski definition) is 5. The number of nitrogens with zero attached hydrogens (tertiary/aromatic N) is 1. The fraction of sp³-hybridized carbons (Fsp3) is 0.107. The fourth-order valence-corrected chi connectivity index (χ4v) is 3.82. The third-order valence-electron chi connectivity index (χ3n) is 5.58. The Labute approximate surface area is 202 Å². The van der Waals surface area contributed by atoms with Crippen molar-refractivity contribution in [2.24, 2.45) is 0 Å². The average Bonchev–Trinajstić information content (AvgIpc) is 2.86. The van der Waals surface area contributed by atoms with Crippen molar-refractivity contribution in [3.05, 3.63) is 101 Å². The molecule has 0 atom stereocenters. The number of ketones is 2. The first-order valence-corrected chi connectivity index (χ1v) is 11.0. The molecular formula is C28H23N3O4. The summed E-state index contributed by atoms with van der Waals surface area (Å²) in [5, 5.41) is 0.593. The summed E-state index contributed by atoms with van der Waals surface area (Å²) < 4.78 is 0. The number of nitrogens with one attached hydrogen (secondary N) is 2. The van der Waals surface area contributed by atoms with E-state index in [9.17, 15) is 19.2 Å². The predicted octanol–water partition coefficient (Wildman–Crippen LogP) is 4.12. The second kappa shape index (κ2) is 10.1. The van der Waals surface area contributed by atoms with Gasteiger partial charge in [-0.3, -0.25) is 30.0 Å². The maximum absolute atomic E-state index is 13.0. The van der Waals surface area contributed by atoms with E-state index in [-0.39, 0.29) is 5.56 Å². The Bertz CT molecular complexity index is 1460. The molecule has 4 rings (SSSR count). The number of carbonyl (C=O) groups is 4. The number of carbonyl (C=O) groups excluding carboxylic acids is 4. The summed E-state index contributed by atoms with van der Waals surface area (Å²) in [6, 6.07) is 23.4. The van der Waals surface area contributed by atoms with Gasteiger partial charge in [-0.05, 0) is 31.5 Å². The number of benzene rings is 3. The van der Waals surface area contributed by atoms with Crippen LogP contribution in [-0.4, -0.2) is 28.4 Å². The zero-order valence-electron chi connectivity index (χ0n) is 19.3. The van der Waals surface area contributed by atoms with Crippen LogP contribution in [0.4, 0.5) is 0 Å². The average molecular weight is 466 g/mol. The zero-order valence-corrected chi connectivity index (χ0v) is 19.3. The predicted molar refractivity (Wildman–Crippen MR) is 133 cm³/mol. The van der Waals surface area contributed by atoms with E-state index in [0.29, 0.717) is 22.2 Å². The molecule has 2 N–H and O–H groups in total. The highest BCUT2D eigenvalue weighted by Crippen LogP contribution is 2.24. The second-order valence-electron chi connectivity index (χ2n) is 8.19. The smallest absolute Gasteiger partial charge is 0.294 e. The normalized spacial score (nSPS) is 10.6. The molecular weight excluding hydrogens is 442 g/mol. The molecule has 0 aliphatic rings. The number of para-hydroxylation sites is 1. The lowest BCUT2D eigenvalue weighted by Gasteiger charge is -2.11. The molecule has 1 heterocycles. The Hall–Kier alpha value is -4.65. The molecule has 0 saturated heterocycles. The molecule has 7 heteroatoms. The first kappa shape index (κ1) is 23.5. The highest BCUT2D eigenvalue weighted by molar-refractivity contribution is 6.40. The van der Waals surface area contributed by atoms with E-state index < -0.39 is 29.8 Å². The van der Waals surface area contributed by atoms with Crippen LogP contribution in [0.15, 0.2) is 78.9 Å². The third kappa shape index (κ3) is 5.30. The highest BCUT2D eigenvalue weighted by atomic mass is 16.2. The Balaban J connectivity index is 1.48.